The maximum absolute atomic E-state index is 10.3. The Bertz CT molecular complexity index is 601. The number of anilines is 1. The highest BCUT2D eigenvalue weighted by molar-refractivity contribution is 5.94. The molecule has 19 heavy (non-hydrogen) atoms. The van der Waals surface area contributed by atoms with Crippen LogP contribution in [0.5, 0.6) is 0 Å². The Morgan fingerprint density at radius 1 is 1.26 bits per heavy atom. The largest absolute Gasteiger partial charge is 0.399 e. The zero-order chi connectivity index (χ0) is 14.0. The Labute approximate surface area is 111 Å². The van der Waals surface area contributed by atoms with Crippen molar-refractivity contribution in [3.8, 4) is 0 Å². The van der Waals surface area contributed by atoms with E-state index in [2.05, 4.69) is 5.48 Å². The van der Waals surface area contributed by atoms with Crippen LogP contribution in [0.2, 0.25) is 0 Å². The molecule has 0 aliphatic heterocycles. The average Bonchev–Trinajstić information content (AvgIpc) is 2.40. The first-order chi connectivity index (χ1) is 9.02. The third-order valence-corrected chi connectivity index (χ3v) is 3.20. The summed E-state index contributed by atoms with van der Waals surface area (Å²) in [5, 5.41) is 19.5. The van der Waals surface area contributed by atoms with E-state index in [4.69, 9.17) is 5.73 Å². The Kier molecular flexibility index (Phi) is 3.57. The van der Waals surface area contributed by atoms with Crippen LogP contribution in [0.4, 0.5) is 11.4 Å². The molecule has 1 aliphatic rings. The average molecular weight is 260 g/mol. The van der Waals surface area contributed by atoms with Gasteiger partial charge in [-0.2, -0.15) is 0 Å². The maximum atomic E-state index is 10.3. The monoisotopic (exact) mass is 260 g/mol. The summed E-state index contributed by atoms with van der Waals surface area (Å²) in [6.07, 6.45) is 5.95. The topological polar surface area (TPSA) is 81.5 Å². The summed E-state index contributed by atoms with van der Waals surface area (Å²) in [6.45, 7) is 3.89. The number of hydrogen-bond donors (Lipinski definition) is 4. The molecular weight excluding hydrogens is 242 g/mol. The van der Waals surface area contributed by atoms with Crippen LogP contribution in [0.15, 0.2) is 36.1 Å². The molecule has 5 nitrogen and oxygen atoms in total. The highest BCUT2D eigenvalue weighted by Gasteiger charge is 2.21. The molecule has 0 aromatic heterocycles. The van der Waals surface area contributed by atoms with Crippen LogP contribution in [0, 0.1) is 13.8 Å². The fourth-order valence-corrected chi connectivity index (χ4v) is 1.98. The number of hydrogen-bond acceptors (Lipinski definition) is 4. The van der Waals surface area contributed by atoms with Gasteiger partial charge < -0.3 is 5.73 Å². The minimum absolute atomic E-state index is 0.444. The van der Waals surface area contributed by atoms with Gasteiger partial charge in [0, 0.05) is 22.6 Å². The highest BCUT2D eigenvalue weighted by atomic mass is 16.5. The summed E-state index contributed by atoms with van der Waals surface area (Å²) in [5.41, 5.74) is 12.0. The lowest BCUT2D eigenvalue weighted by molar-refractivity contribution is -0.712. The summed E-state index contributed by atoms with van der Waals surface area (Å²) in [6, 6.07) is 3.59. The molecule has 0 radical (unpaired) electrons. The van der Waals surface area contributed by atoms with Gasteiger partial charge in [-0.3, -0.25) is 15.9 Å². The lowest BCUT2D eigenvalue weighted by atomic mass is 10.1. The number of benzene rings is 1. The first kappa shape index (κ1) is 13.2. The molecule has 0 amide bonds. The molecule has 0 fully saturated rings. The summed E-state index contributed by atoms with van der Waals surface area (Å²) in [5.74, 6) is 0. The second-order valence-corrected chi connectivity index (χ2v) is 4.62. The molecule has 0 heterocycles. The van der Waals surface area contributed by atoms with E-state index in [1.54, 1.807) is 18.2 Å². The number of allylic oxidation sites excluding steroid dienone is 3. The van der Waals surface area contributed by atoms with Gasteiger partial charge in [0.05, 0.1) is 6.42 Å². The smallest absolute Gasteiger partial charge is 0.283 e. The van der Waals surface area contributed by atoms with Gasteiger partial charge >= 0.3 is 0 Å². The van der Waals surface area contributed by atoms with Gasteiger partial charge in [0.25, 0.3) is 5.69 Å². The quantitative estimate of drug-likeness (QED) is 0.374. The van der Waals surface area contributed by atoms with Crippen LogP contribution in [-0.2, 0) is 0 Å². The van der Waals surface area contributed by atoms with Crippen LogP contribution in [-0.4, -0.2) is 20.9 Å². The summed E-state index contributed by atoms with van der Waals surface area (Å²) in [4.78, 5) is 0. The number of nitrogens with one attached hydrogen (secondary N) is 1. The molecule has 0 saturated heterocycles. The predicted octanol–water partition coefficient (Wildman–Crippen LogP) is 2.38. The normalized spacial score (nSPS) is 17.1. The Morgan fingerprint density at radius 3 is 2.58 bits per heavy atom. The number of aryl methyl sites for hydroxylation is 2. The van der Waals surface area contributed by atoms with E-state index in [1.807, 2.05) is 26.0 Å². The zero-order valence-electron chi connectivity index (χ0n) is 11.0. The van der Waals surface area contributed by atoms with Gasteiger partial charge in [0.15, 0.2) is 0 Å². The van der Waals surface area contributed by atoms with Crippen molar-refractivity contribution in [1.82, 2.24) is 0 Å². The van der Waals surface area contributed by atoms with Crippen molar-refractivity contribution >= 4 is 17.1 Å². The number of rotatable bonds is 2. The van der Waals surface area contributed by atoms with E-state index in [9.17, 15) is 10.4 Å². The van der Waals surface area contributed by atoms with Crippen molar-refractivity contribution in [2.45, 2.75) is 20.3 Å². The van der Waals surface area contributed by atoms with Gasteiger partial charge in [-0.1, -0.05) is 6.08 Å². The molecule has 1 aliphatic carbocycles. The van der Waals surface area contributed by atoms with E-state index in [0.717, 1.165) is 15.9 Å². The third-order valence-electron chi connectivity index (χ3n) is 3.20. The van der Waals surface area contributed by atoms with Gasteiger partial charge in [0.1, 0.15) is 5.69 Å². The summed E-state index contributed by atoms with van der Waals surface area (Å²) in [7, 11) is 0. The molecule has 5 heteroatoms. The Balaban J connectivity index is 2.55. The maximum Gasteiger partial charge on any atom is 0.283 e. The first-order valence-electron chi connectivity index (χ1n) is 6.03. The third kappa shape index (κ3) is 2.61. The molecular formula is C14H18N3O2+. The molecule has 0 spiro atoms. The lowest BCUT2D eigenvalue weighted by Gasteiger charge is -2.08. The Hall–Kier alpha value is -2.27. The molecule has 100 valence electrons. The van der Waals surface area contributed by atoms with Crippen molar-refractivity contribution in [2.75, 3.05) is 5.48 Å². The fourth-order valence-electron chi connectivity index (χ4n) is 1.98. The second kappa shape index (κ2) is 5.16. The lowest BCUT2D eigenvalue weighted by Crippen LogP contribution is -2.16. The SMILES string of the molecule is Cc1cc(NO)c(/[N+](O)=C2/C=C(N)C=CC2)cc1C. The Morgan fingerprint density at radius 2 is 1.95 bits per heavy atom. The van der Waals surface area contributed by atoms with Crippen molar-refractivity contribution in [2.24, 2.45) is 5.73 Å². The van der Waals surface area contributed by atoms with Gasteiger partial charge in [-0.05, 0) is 37.1 Å². The number of nitrogens with zero attached hydrogens (tertiary/aromatic N) is 1. The van der Waals surface area contributed by atoms with E-state index in [0.29, 0.717) is 29.2 Å². The van der Waals surface area contributed by atoms with Crippen LogP contribution >= 0.6 is 0 Å². The summed E-state index contributed by atoms with van der Waals surface area (Å²) < 4.78 is 1.04. The van der Waals surface area contributed by atoms with E-state index < -0.39 is 0 Å². The molecule has 1 aromatic carbocycles. The van der Waals surface area contributed by atoms with Gasteiger partial charge in [0.2, 0.25) is 5.71 Å². The molecule has 0 unspecified atom stereocenters. The minimum Gasteiger partial charge on any atom is -0.399 e. The molecule has 2 rings (SSSR count). The first-order valence-corrected chi connectivity index (χ1v) is 6.03. The van der Waals surface area contributed by atoms with E-state index in [-0.39, 0.29) is 0 Å². The van der Waals surface area contributed by atoms with Crippen molar-refractivity contribution in [3.63, 3.8) is 0 Å². The molecule has 0 atom stereocenters. The molecule has 0 saturated carbocycles. The fraction of sp³-hybridized carbons (Fsp3) is 0.214. The van der Waals surface area contributed by atoms with Crippen LogP contribution in [0.3, 0.4) is 0 Å². The molecule has 5 N–H and O–H groups in total. The highest BCUT2D eigenvalue weighted by Crippen LogP contribution is 2.28. The van der Waals surface area contributed by atoms with E-state index >= 15 is 0 Å². The summed E-state index contributed by atoms with van der Waals surface area (Å²) >= 11 is 0. The van der Waals surface area contributed by atoms with Crippen LogP contribution in [0.1, 0.15) is 17.5 Å². The second-order valence-electron chi connectivity index (χ2n) is 4.62. The minimum atomic E-state index is 0.444. The van der Waals surface area contributed by atoms with Crippen LogP contribution < -0.4 is 11.2 Å². The van der Waals surface area contributed by atoms with Crippen LogP contribution in [0.25, 0.3) is 0 Å². The van der Waals surface area contributed by atoms with Crippen molar-refractivity contribution in [1.29, 1.82) is 0 Å². The van der Waals surface area contributed by atoms with E-state index in [1.165, 1.54) is 0 Å². The number of nitrogens with two attached hydrogens (primary N) is 1. The predicted molar refractivity (Wildman–Crippen MR) is 74.1 cm³/mol. The molecule has 1 aromatic rings. The van der Waals surface area contributed by atoms with Gasteiger partial charge in [-0.25, -0.2) is 0 Å². The standard InChI is InChI=1S/C14H17N3O2/c1-9-6-13(16-18)14(7-10(9)2)17(19)12-5-3-4-11(15)8-12/h3-4,6-8,15-16,18-19H,5H2,1-2H3/p+1. The van der Waals surface area contributed by atoms with Crippen molar-refractivity contribution in [3.05, 3.63) is 47.2 Å². The van der Waals surface area contributed by atoms with Crippen molar-refractivity contribution < 1.29 is 15.2 Å². The van der Waals surface area contributed by atoms with Gasteiger partial charge in [-0.15, -0.1) is 0 Å². The zero-order valence-corrected chi connectivity index (χ0v) is 11.0. The molecule has 0 bridgehead atoms.